The van der Waals surface area contributed by atoms with Gasteiger partial charge in [-0.15, -0.1) is 0 Å². The summed E-state index contributed by atoms with van der Waals surface area (Å²) in [7, 11) is 0. The van der Waals surface area contributed by atoms with Crippen molar-refractivity contribution in [3.63, 3.8) is 0 Å². The standard InChI is InChI=1S/C27H50/c1-4-23-10-8-9-13-27(25-11-6-5-7-12-25)26(16-14-23)17-15-24-19-21(2)18-22(3)20-24/h21-27H,4-20H2,1-3H3. The summed E-state index contributed by atoms with van der Waals surface area (Å²) in [6.45, 7) is 7.47. The predicted molar refractivity (Wildman–Crippen MR) is 120 cm³/mol. The second-order valence-electron chi connectivity index (χ2n) is 11.3. The van der Waals surface area contributed by atoms with Crippen LogP contribution in [0.4, 0.5) is 0 Å². The molecule has 5 unspecified atom stereocenters. The Balaban J connectivity index is 1.62. The second-order valence-corrected chi connectivity index (χ2v) is 11.3. The fraction of sp³-hybridized carbons (Fsp3) is 1.00. The van der Waals surface area contributed by atoms with E-state index in [-0.39, 0.29) is 0 Å². The van der Waals surface area contributed by atoms with E-state index >= 15 is 0 Å². The van der Waals surface area contributed by atoms with Crippen LogP contribution in [0.15, 0.2) is 0 Å². The first-order valence-corrected chi connectivity index (χ1v) is 13.2. The summed E-state index contributed by atoms with van der Waals surface area (Å²) in [6, 6.07) is 0. The molecular formula is C27H50. The van der Waals surface area contributed by atoms with Crippen molar-refractivity contribution >= 4 is 0 Å². The lowest BCUT2D eigenvalue weighted by Crippen LogP contribution is -2.27. The molecule has 27 heavy (non-hydrogen) atoms. The molecule has 0 aromatic heterocycles. The predicted octanol–water partition coefficient (Wildman–Crippen LogP) is 9.03. The molecule has 5 atom stereocenters. The Morgan fingerprint density at radius 2 is 1.26 bits per heavy atom. The first-order valence-electron chi connectivity index (χ1n) is 13.2. The molecule has 3 saturated carbocycles. The van der Waals surface area contributed by atoms with Crippen molar-refractivity contribution in [2.75, 3.05) is 0 Å². The minimum atomic E-state index is 0.984. The summed E-state index contributed by atoms with van der Waals surface area (Å²) in [5.74, 6) is 7.28. The Hall–Kier alpha value is 0. The van der Waals surface area contributed by atoms with Gasteiger partial charge in [-0.05, 0) is 80.0 Å². The largest absolute Gasteiger partial charge is 0.0651 e. The second kappa shape index (κ2) is 11.3. The van der Waals surface area contributed by atoms with Gasteiger partial charge >= 0.3 is 0 Å². The lowest BCUT2D eigenvalue weighted by Gasteiger charge is -2.38. The average Bonchev–Trinajstić information content (AvgIpc) is 2.76. The molecule has 0 bridgehead atoms. The van der Waals surface area contributed by atoms with E-state index < -0.39 is 0 Å². The maximum absolute atomic E-state index is 2.51. The van der Waals surface area contributed by atoms with Crippen LogP contribution in [0.3, 0.4) is 0 Å². The third kappa shape index (κ3) is 6.78. The van der Waals surface area contributed by atoms with Crippen LogP contribution in [0.1, 0.15) is 130 Å². The van der Waals surface area contributed by atoms with Gasteiger partial charge < -0.3 is 0 Å². The Kier molecular flexibility index (Phi) is 9.05. The van der Waals surface area contributed by atoms with Crippen molar-refractivity contribution in [2.45, 2.75) is 130 Å². The highest BCUT2D eigenvalue weighted by Crippen LogP contribution is 2.44. The quantitative estimate of drug-likeness (QED) is 0.450. The van der Waals surface area contributed by atoms with Gasteiger partial charge in [-0.3, -0.25) is 0 Å². The molecule has 158 valence electrons. The molecule has 0 saturated heterocycles. The molecule has 0 aromatic rings. The molecule has 0 radical (unpaired) electrons. The highest BCUT2D eigenvalue weighted by molar-refractivity contribution is 4.83. The van der Waals surface area contributed by atoms with Gasteiger partial charge in [-0.25, -0.2) is 0 Å². The summed E-state index contributed by atoms with van der Waals surface area (Å²) >= 11 is 0. The Morgan fingerprint density at radius 1 is 0.593 bits per heavy atom. The Bertz CT molecular complexity index is 383. The summed E-state index contributed by atoms with van der Waals surface area (Å²) in [5, 5.41) is 0. The summed E-state index contributed by atoms with van der Waals surface area (Å²) in [6.07, 6.45) is 26.1. The molecular weight excluding hydrogens is 324 g/mol. The summed E-state index contributed by atoms with van der Waals surface area (Å²) in [5.41, 5.74) is 0. The molecule has 0 aromatic carbocycles. The first kappa shape index (κ1) is 21.7. The van der Waals surface area contributed by atoms with Crippen LogP contribution in [-0.2, 0) is 0 Å². The van der Waals surface area contributed by atoms with Gasteiger partial charge in [0.25, 0.3) is 0 Å². The number of rotatable bonds is 5. The monoisotopic (exact) mass is 374 g/mol. The minimum absolute atomic E-state index is 0.984. The highest BCUT2D eigenvalue weighted by atomic mass is 14.4. The van der Waals surface area contributed by atoms with Gasteiger partial charge in [-0.1, -0.05) is 91.4 Å². The van der Waals surface area contributed by atoms with Crippen LogP contribution in [0, 0.1) is 41.4 Å². The normalized spacial score (nSPS) is 40.1. The van der Waals surface area contributed by atoms with Gasteiger partial charge in [0.2, 0.25) is 0 Å². The zero-order chi connectivity index (χ0) is 19.1. The van der Waals surface area contributed by atoms with Crippen molar-refractivity contribution in [1.82, 2.24) is 0 Å². The van der Waals surface area contributed by atoms with Crippen molar-refractivity contribution in [3.05, 3.63) is 0 Å². The van der Waals surface area contributed by atoms with E-state index in [4.69, 9.17) is 0 Å². The van der Waals surface area contributed by atoms with Crippen LogP contribution in [-0.4, -0.2) is 0 Å². The van der Waals surface area contributed by atoms with Gasteiger partial charge in [0.1, 0.15) is 0 Å². The minimum Gasteiger partial charge on any atom is -0.0651 e. The van der Waals surface area contributed by atoms with Crippen LogP contribution >= 0.6 is 0 Å². The topological polar surface area (TPSA) is 0 Å². The number of hydrogen-bond donors (Lipinski definition) is 0. The summed E-state index contributed by atoms with van der Waals surface area (Å²) < 4.78 is 0. The average molecular weight is 375 g/mol. The molecule has 0 N–H and O–H groups in total. The molecule has 0 aliphatic heterocycles. The van der Waals surface area contributed by atoms with E-state index in [0.29, 0.717) is 0 Å². The van der Waals surface area contributed by atoms with Gasteiger partial charge in [0.15, 0.2) is 0 Å². The first-order chi connectivity index (χ1) is 13.2. The van der Waals surface area contributed by atoms with Gasteiger partial charge in [-0.2, -0.15) is 0 Å². The molecule has 0 amide bonds. The fourth-order valence-electron chi connectivity index (χ4n) is 7.61. The van der Waals surface area contributed by atoms with E-state index in [0.717, 1.165) is 41.4 Å². The molecule has 3 rings (SSSR count). The third-order valence-electron chi connectivity index (χ3n) is 9.01. The van der Waals surface area contributed by atoms with Crippen LogP contribution in [0.2, 0.25) is 0 Å². The summed E-state index contributed by atoms with van der Waals surface area (Å²) in [4.78, 5) is 0. The molecule has 3 aliphatic carbocycles. The Labute approximate surface area is 171 Å². The zero-order valence-corrected chi connectivity index (χ0v) is 19.1. The van der Waals surface area contributed by atoms with Crippen LogP contribution < -0.4 is 0 Å². The van der Waals surface area contributed by atoms with Gasteiger partial charge in [0, 0.05) is 0 Å². The molecule has 0 nitrogen and oxygen atoms in total. The molecule has 0 heterocycles. The van der Waals surface area contributed by atoms with Crippen molar-refractivity contribution < 1.29 is 0 Å². The molecule has 3 fully saturated rings. The maximum atomic E-state index is 2.51. The van der Waals surface area contributed by atoms with Crippen molar-refractivity contribution in [3.8, 4) is 0 Å². The van der Waals surface area contributed by atoms with Crippen LogP contribution in [0.25, 0.3) is 0 Å². The molecule has 0 heteroatoms. The smallest absolute Gasteiger partial charge is 0.0357 e. The Morgan fingerprint density at radius 3 is 1.96 bits per heavy atom. The lowest BCUT2D eigenvalue weighted by atomic mass is 9.68. The SMILES string of the molecule is CCC1CCCCC(C2CCCCC2)C(CCC2CC(C)CC(C)C2)CC1. The maximum Gasteiger partial charge on any atom is -0.0357 e. The van der Waals surface area contributed by atoms with Gasteiger partial charge in [0.05, 0.1) is 0 Å². The lowest BCUT2D eigenvalue weighted by molar-refractivity contribution is 0.130. The zero-order valence-electron chi connectivity index (χ0n) is 19.1. The van der Waals surface area contributed by atoms with E-state index in [2.05, 4.69) is 20.8 Å². The van der Waals surface area contributed by atoms with E-state index in [1.54, 1.807) is 44.9 Å². The van der Waals surface area contributed by atoms with Crippen molar-refractivity contribution in [2.24, 2.45) is 41.4 Å². The van der Waals surface area contributed by atoms with Crippen molar-refractivity contribution in [1.29, 1.82) is 0 Å². The third-order valence-corrected chi connectivity index (χ3v) is 9.01. The van der Waals surface area contributed by atoms with Crippen LogP contribution in [0.5, 0.6) is 0 Å². The molecule has 3 aliphatic rings. The fourth-order valence-corrected chi connectivity index (χ4v) is 7.61. The van der Waals surface area contributed by atoms with E-state index in [1.165, 1.54) is 64.2 Å². The number of hydrogen-bond acceptors (Lipinski definition) is 0. The highest BCUT2D eigenvalue weighted by Gasteiger charge is 2.32. The van der Waals surface area contributed by atoms with E-state index in [1.807, 2.05) is 0 Å². The van der Waals surface area contributed by atoms with E-state index in [9.17, 15) is 0 Å². The molecule has 0 spiro atoms.